The van der Waals surface area contributed by atoms with Crippen LogP contribution in [0.5, 0.6) is 0 Å². The zero-order valence-electron chi connectivity index (χ0n) is 7.81. The molecule has 2 heterocycles. The number of nitrogens with zero attached hydrogens (tertiary/aromatic N) is 3. The number of aromatic nitrogens is 3. The van der Waals surface area contributed by atoms with Gasteiger partial charge in [0, 0.05) is 6.07 Å². The Balaban J connectivity index is 0.000000330. The molecule has 1 N–H and O–H groups in total. The first-order valence-corrected chi connectivity index (χ1v) is 5.20. The third kappa shape index (κ3) is 4.82. The number of hydrogen-bond donors (Lipinski definition) is 1. The summed E-state index contributed by atoms with van der Waals surface area (Å²) in [4.78, 5) is 4.17. The van der Waals surface area contributed by atoms with Gasteiger partial charge >= 0.3 is 5.78 Å². The zero-order chi connectivity index (χ0) is 11.5. The molecular weight excluding hydrogens is 234 g/mol. The molecule has 0 aliphatic carbocycles. The maximum absolute atomic E-state index is 8.63. The van der Waals surface area contributed by atoms with Crippen molar-refractivity contribution in [2.75, 3.05) is 0 Å². The molecule has 0 atom stereocenters. The van der Waals surface area contributed by atoms with E-state index in [-0.39, 0.29) is 7.43 Å². The van der Waals surface area contributed by atoms with Crippen molar-refractivity contribution in [1.29, 1.82) is 0 Å². The normalized spacial score (nSPS) is 10.2. The summed E-state index contributed by atoms with van der Waals surface area (Å²) in [5.74, 6) is 0.961. The highest BCUT2D eigenvalue weighted by atomic mass is 32.3. The van der Waals surface area contributed by atoms with E-state index in [0.29, 0.717) is 0 Å². The van der Waals surface area contributed by atoms with Crippen molar-refractivity contribution < 1.29 is 22.1 Å². The highest BCUT2D eigenvalue weighted by Gasteiger charge is 2.02. The number of fused-ring (bicyclic) bond motifs is 1. The van der Waals surface area contributed by atoms with Crippen LogP contribution in [0.4, 0.5) is 0 Å². The molecule has 0 aromatic carbocycles. The first-order valence-electron chi connectivity index (χ1n) is 3.83. The van der Waals surface area contributed by atoms with Crippen LogP contribution in [0, 0.1) is 0 Å². The third-order valence-corrected chi connectivity index (χ3v) is 1.52. The van der Waals surface area contributed by atoms with Crippen LogP contribution >= 0.6 is 0 Å². The maximum Gasteiger partial charge on any atom is 0.402 e. The van der Waals surface area contributed by atoms with E-state index in [9.17, 15) is 0 Å². The average Bonchev–Trinajstić information content (AvgIpc) is 2.46. The van der Waals surface area contributed by atoms with Crippen molar-refractivity contribution >= 4 is 16.2 Å². The number of hydrogen-bond acceptors (Lipinski definition) is 4. The summed E-state index contributed by atoms with van der Waals surface area (Å²) in [6, 6.07) is 1.91. The summed E-state index contributed by atoms with van der Waals surface area (Å²) >= 11 is 0. The molecule has 2 aromatic rings. The Kier molecular flexibility index (Phi) is 5.02. The van der Waals surface area contributed by atoms with E-state index in [0.717, 1.165) is 5.78 Å². The van der Waals surface area contributed by atoms with Crippen molar-refractivity contribution in [2.45, 2.75) is 7.43 Å². The molecule has 0 saturated heterocycles. The second kappa shape index (κ2) is 5.54. The Morgan fingerprint density at radius 1 is 1.50 bits per heavy atom. The molecule has 7 nitrogen and oxygen atoms in total. The fourth-order valence-corrected chi connectivity index (χ4v) is 1.00. The van der Waals surface area contributed by atoms with Crippen molar-refractivity contribution in [3.05, 3.63) is 30.9 Å². The van der Waals surface area contributed by atoms with E-state index >= 15 is 0 Å². The van der Waals surface area contributed by atoms with Gasteiger partial charge in [-0.25, -0.2) is 17.4 Å². The van der Waals surface area contributed by atoms with Gasteiger partial charge < -0.3 is 4.55 Å². The van der Waals surface area contributed by atoms with Crippen molar-refractivity contribution in [2.24, 2.45) is 7.05 Å². The fourth-order valence-electron chi connectivity index (χ4n) is 1.00. The maximum atomic E-state index is 8.63. The Bertz CT molecular complexity index is 541. The zero-order valence-corrected chi connectivity index (χ0v) is 8.63. The first-order chi connectivity index (χ1) is 6.88. The van der Waals surface area contributed by atoms with Crippen LogP contribution in [-0.2, 0) is 17.4 Å². The van der Waals surface area contributed by atoms with Gasteiger partial charge in [0.25, 0.3) is 0 Å². The molecule has 0 amide bonds. The number of aryl methyl sites for hydroxylation is 1. The highest BCUT2D eigenvalue weighted by Crippen LogP contribution is 1.89. The highest BCUT2D eigenvalue weighted by molar-refractivity contribution is 7.79. The average molecular weight is 247 g/mol. The molecule has 0 saturated carbocycles. The third-order valence-electron chi connectivity index (χ3n) is 1.52. The van der Waals surface area contributed by atoms with Gasteiger partial charge in [-0.15, -0.1) is 0 Å². The first kappa shape index (κ1) is 14.5. The second-order valence-corrected chi connectivity index (χ2v) is 3.52. The van der Waals surface area contributed by atoms with Gasteiger partial charge in [0.2, 0.25) is 10.4 Å². The van der Waals surface area contributed by atoms with Crippen LogP contribution < -0.4 is 4.57 Å². The summed E-state index contributed by atoms with van der Waals surface area (Å²) in [7, 11) is -2.94. The Morgan fingerprint density at radius 3 is 2.56 bits per heavy atom. The Labute approximate surface area is 93.6 Å². The molecule has 0 radical (unpaired) electrons. The molecule has 2 aromatic heterocycles. The summed E-state index contributed by atoms with van der Waals surface area (Å²) < 4.78 is 36.8. The molecule has 2 rings (SSSR count). The van der Waals surface area contributed by atoms with Gasteiger partial charge in [0.1, 0.15) is 12.4 Å². The number of imidazole rings is 1. The molecule has 16 heavy (non-hydrogen) atoms. The van der Waals surface area contributed by atoms with Gasteiger partial charge in [-0.1, -0.05) is 12.4 Å². The lowest BCUT2D eigenvalue weighted by atomic mass is 10.7. The molecule has 0 aliphatic rings. The lowest BCUT2D eigenvalue weighted by Gasteiger charge is -1.88. The lowest BCUT2D eigenvalue weighted by Crippen LogP contribution is -2.26. The van der Waals surface area contributed by atoms with Crippen LogP contribution in [0.3, 0.4) is 0 Å². The molecule has 0 bridgehead atoms. The standard InChI is InChI=1S/C7H8N3.CH4.H2O4S/c1-9-5-6-10-4-2-3-8-7(9)10;;1-5(2,3)4/h2-6H,1H3;1H4;(H2,1,2,3,4)/q+1;;/p-1. The largest absolute Gasteiger partial charge is 0.726 e. The van der Waals surface area contributed by atoms with Crippen LogP contribution in [-0.4, -0.2) is 26.9 Å². The molecule has 0 spiro atoms. The summed E-state index contributed by atoms with van der Waals surface area (Å²) in [6.07, 6.45) is 7.71. The smallest absolute Gasteiger partial charge is 0.402 e. The summed E-state index contributed by atoms with van der Waals surface area (Å²) in [5.41, 5.74) is 0. The van der Waals surface area contributed by atoms with Crippen LogP contribution in [0.25, 0.3) is 5.78 Å². The van der Waals surface area contributed by atoms with Gasteiger partial charge in [-0.05, 0) is 0 Å². The minimum absolute atomic E-state index is 0. The molecule has 0 aliphatic heterocycles. The molecule has 8 heteroatoms. The Morgan fingerprint density at radius 2 is 2.06 bits per heavy atom. The van der Waals surface area contributed by atoms with Crippen molar-refractivity contribution in [3.8, 4) is 0 Å². The predicted octanol–water partition coefficient (Wildman–Crippen LogP) is -0.200. The van der Waals surface area contributed by atoms with E-state index in [1.807, 2.05) is 40.7 Å². The minimum Gasteiger partial charge on any atom is -0.726 e. The summed E-state index contributed by atoms with van der Waals surface area (Å²) in [5, 5.41) is 0. The van der Waals surface area contributed by atoms with E-state index in [4.69, 9.17) is 17.5 Å². The molecule has 0 fully saturated rings. The van der Waals surface area contributed by atoms with Gasteiger partial charge in [0.05, 0.1) is 19.4 Å². The molecule has 0 unspecified atom stereocenters. The lowest BCUT2D eigenvalue weighted by molar-refractivity contribution is -0.646. The van der Waals surface area contributed by atoms with Gasteiger partial charge in [0.15, 0.2) is 0 Å². The van der Waals surface area contributed by atoms with Crippen molar-refractivity contribution in [1.82, 2.24) is 9.38 Å². The predicted molar refractivity (Wildman–Crippen MR) is 55.4 cm³/mol. The van der Waals surface area contributed by atoms with Crippen LogP contribution in [0.1, 0.15) is 7.43 Å². The van der Waals surface area contributed by atoms with Gasteiger partial charge in [-0.3, -0.25) is 4.55 Å². The van der Waals surface area contributed by atoms with E-state index in [1.165, 1.54) is 0 Å². The Hall–Kier alpha value is -1.51. The summed E-state index contributed by atoms with van der Waals surface area (Å²) in [6.45, 7) is 0. The number of rotatable bonds is 0. The fraction of sp³-hybridized carbons (Fsp3) is 0.250. The van der Waals surface area contributed by atoms with Gasteiger partial charge in [-0.2, -0.15) is 0 Å². The van der Waals surface area contributed by atoms with Crippen molar-refractivity contribution in [3.63, 3.8) is 0 Å². The van der Waals surface area contributed by atoms with E-state index in [2.05, 4.69) is 4.98 Å². The minimum atomic E-state index is -4.92. The molecule has 90 valence electrons. The SMILES string of the molecule is C.C[n+]1ccn2cccnc21.O=S(=O)([O-])O. The van der Waals surface area contributed by atoms with E-state index < -0.39 is 10.4 Å². The second-order valence-electron chi connectivity index (χ2n) is 2.66. The topological polar surface area (TPSA) is 98.6 Å². The quantitative estimate of drug-likeness (QED) is 0.395. The monoisotopic (exact) mass is 247 g/mol. The molecular formula is C8H13N3O4S. The van der Waals surface area contributed by atoms with Crippen LogP contribution in [0.15, 0.2) is 30.9 Å². The van der Waals surface area contributed by atoms with E-state index in [1.54, 1.807) is 6.20 Å². The van der Waals surface area contributed by atoms with Crippen LogP contribution in [0.2, 0.25) is 0 Å².